The Hall–Kier alpha value is -0.960. The van der Waals surface area contributed by atoms with Gasteiger partial charge in [0.15, 0.2) is 0 Å². The van der Waals surface area contributed by atoms with Crippen molar-refractivity contribution < 1.29 is 4.92 Å². The van der Waals surface area contributed by atoms with Gasteiger partial charge in [0, 0.05) is 12.1 Å². The van der Waals surface area contributed by atoms with Crippen LogP contribution in [0.25, 0.3) is 5.57 Å². The fourth-order valence-electron chi connectivity index (χ4n) is 1.71. The van der Waals surface area contributed by atoms with Crippen LogP contribution >= 0.6 is 38.5 Å². The molecule has 5 nitrogen and oxygen atoms in total. The lowest BCUT2D eigenvalue weighted by Crippen LogP contribution is -1.99. The van der Waals surface area contributed by atoms with Crippen molar-refractivity contribution in [2.45, 2.75) is 13.3 Å². The van der Waals surface area contributed by atoms with Crippen LogP contribution in [0.5, 0.6) is 0 Å². The second-order valence-electron chi connectivity index (χ2n) is 3.61. The first-order valence-corrected chi connectivity index (χ1v) is 7.03. The van der Waals surface area contributed by atoms with E-state index in [0.717, 1.165) is 26.8 Å². The van der Waals surface area contributed by atoms with Gasteiger partial charge in [0.25, 0.3) is 5.69 Å². The molecule has 1 aliphatic heterocycles. The number of aryl methyl sites for hydroxylation is 1. The second-order valence-corrected chi connectivity index (χ2v) is 5.38. The van der Waals surface area contributed by atoms with Gasteiger partial charge in [-0.05, 0) is 56.1 Å². The summed E-state index contributed by atoms with van der Waals surface area (Å²) in [5, 5.41) is 14.8. The monoisotopic (exact) mass is 420 g/mol. The number of rotatable bonds is 3. The van der Waals surface area contributed by atoms with Gasteiger partial charge in [-0.2, -0.15) is 0 Å². The minimum Gasteiger partial charge on any atom is -0.258 e. The third kappa shape index (κ3) is 2.41. The van der Waals surface area contributed by atoms with Crippen molar-refractivity contribution in [3.05, 3.63) is 44.0 Å². The average molecular weight is 421 g/mol. The average Bonchev–Trinajstić information content (AvgIpc) is 2.68. The van der Waals surface area contributed by atoms with E-state index in [4.69, 9.17) is 0 Å². The van der Waals surface area contributed by atoms with Crippen LogP contribution in [0.1, 0.15) is 18.1 Å². The van der Waals surface area contributed by atoms with Crippen molar-refractivity contribution in [3.63, 3.8) is 0 Å². The number of non-ortho nitro benzene ring substituents is 1. The van der Waals surface area contributed by atoms with Gasteiger partial charge in [0.2, 0.25) is 0 Å². The van der Waals surface area contributed by atoms with Crippen molar-refractivity contribution in [2.75, 3.05) is 0 Å². The molecule has 93 valence electrons. The van der Waals surface area contributed by atoms with Gasteiger partial charge in [0.1, 0.15) is 8.32 Å². The Morgan fingerprint density at radius 3 is 2.72 bits per heavy atom. The summed E-state index contributed by atoms with van der Waals surface area (Å²) in [6.07, 6.45) is 0.793. The van der Waals surface area contributed by atoms with Gasteiger partial charge in [0.05, 0.1) is 10.5 Å². The number of halogens is 2. The Morgan fingerprint density at radius 2 is 2.22 bits per heavy atom. The van der Waals surface area contributed by atoms with E-state index < -0.39 is 4.92 Å². The molecule has 0 saturated heterocycles. The molecule has 0 amide bonds. The van der Waals surface area contributed by atoms with Crippen LogP contribution in [0.2, 0.25) is 0 Å². The molecule has 1 heterocycles. The van der Waals surface area contributed by atoms with Crippen molar-refractivity contribution in [2.24, 2.45) is 5.10 Å². The largest absolute Gasteiger partial charge is 0.270 e. The Morgan fingerprint density at radius 1 is 1.50 bits per heavy atom. The summed E-state index contributed by atoms with van der Waals surface area (Å²) in [5.74, 6) is 0. The first kappa shape index (κ1) is 13.5. The SMILES string of the molecule is CCc1ccc([N+](=O)[O-])cc1C1=C(Br)[N]N=C1I. The standard InChI is InChI=1S/C11H8BrIN3O2/c1-2-6-3-4-7(16(17)18)5-8(6)9-10(12)14-15-11(9)13/h3-5H,2H2,1H3. The zero-order valence-corrected chi connectivity index (χ0v) is 13.1. The highest BCUT2D eigenvalue weighted by Gasteiger charge is 2.23. The quantitative estimate of drug-likeness (QED) is 0.324. The topological polar surface area (TPSA) is 69.6 Å². The highest BCUT2D eigenvalue weighted by Crippen LogP contribution is 2.34. The molecule has 0 fully saturated rings. The van der Waals surface area contributed by atoms with E-state index >= 15 is 0 Å². The van der Waals surface area contributed by atoms with Crippen LogP contribution in [-0.4, -0.2) is 8.64 Å². The Bertz CT molecular complexity index is 584. The summed E-state index contributed by atoms with van der Waals surface area (Å²) in [6.45, 7) is 2.01. The normalized spacial score (nSPS) is 14.5. The van der Waals surface area contributed by atoms with Crippen LogP contribution in [0.4, 0.5) is 5.69 Å². The van der Waals surface area contributed by atoms with Gasteiger partial charge < -0.3 is 0 Å². The molecule has 1 radical (unpaired) electrons. The molecule has 2 rings (SSSR count). The molecule has 0 saturated carbocycles. The van der Waals surface area contributed by atoms with Crippen molar-refractivity contribution in [1.29, 1.82) is 0 Å². The first-order valence-electron chi connectivity index (χ1n) is 5.16. The zero-order valence-electron chi connectivity index (χ0n) is 9.35. The van der Waals surface area contributed by atoms with E-state index in [-0.39, 0.29) is 5.69 Å². The van der Waals surface area contributed by atoms with Crippen LogP contribution in [0, 0.1) is 10.1 Å². The minimum absolute atomic E-state index is 0.0751. The molecule has 1 aliphatic rings. The third-order valence-corrected chi connectivity index (χ3v) is 3.90. The second kappa shape index (κ2) is 5.35. The predicted octanol–water partition coefficient (Wildman–Crippen LogP) is 3.59. The molecule has 0 spiro atoms. The third-order valence-electron chi connectivity index (χ3n) is 2.59. The lowest BCUT2D eigenvalue weighted by Gasteiger charge is -2.08. The van der Waals surface area contributed by atoms with Crippen molar-refractivity contribution >= 4 is 53.5 Å². The highest BCUT2D eigenvalue weighted by molar-refractivity contribution is 14.1. The van der Waals surface area contributed by atoms with Crippen molar-refractivity contribution in [3.8, 4) is 0 Å². The molecule has 0 aromatic heterocycles. The smallest absolute Gasteiger partial charge is 0.258 e. The molecule has 0 unspecified atom stereocenters. The first-order chi connectivity index (χ1) is 8.54. The fourth-order valence-corrected chi connectivity index (χ4v) is 3.22. The van der Waals surface area contributed by atoms with E-state index in [2.05, 4.69) is 49.0 Å². The fraction of sp³-hybridized carbons (Fsp3) is 0.182. The lowest BCUT2D eigenvalue weighted by molar-refractivity contribution is -0.384. The van der Waals surface area contributed by atoms with Crippen molar-refractivity contribution in [1.82, 2.24) is 5.43 Å². The van der Waals surface area contributed by atoms with E-state index in [1.807, 2.05) is 6.92 Å². The number of allylic oxidation sites excluding steroid dienone is 1. The summed E-state index contributed by atoms with van der Waals surface area (Å²) in [7, 11) is 0. The van der Waals surface area contributed by atoms with E-state index in [1.54, 1.807) is 12.1 Å². The maximum Gasteiger partial charge on any atom is 0.270 e. The number of benzene rings is 1. The Kier molecular flexibility index (Phi) is 4.00. The molecular weight excluding hydrogens is 413 g/mol. The van der Waals surface area contributed by atoms with E-state index in [0.29, 0.717) is 4.61 Å². The Labute approximate surface area is 126 Å². The molecule has 7 heteroatoms. The minimum atomic E-state index is -0.395. The number of nitro groups is 1. The summed E-state index contributed by atoms with van der Waals surface area (Å²) >= 11 is 5.40. The summed E-state index contributed by atoms with van der Waals surface area (Å²) < 4.78 is 1.34. The van der Waals surface area contributed by atoms with Crippen LogP contribution in [-0.2, 0) is 6.42 Å². The maximum atomic E-state index is 10.9. The number of nitrogens with zero attached hydrogens (tertiary/aromatic N) is 3. The van der Waals surface area contributed by atoms with Gasteiger partial charge in [-0.25, -0.2) is 0 Å². The molecule has 18 heavy (non-hydrogen) atoms. The van der Waals surface area contributed by atoms with Gasteiger partial charge >= 0.3 is 0 Å². The molecule has 0 bridgehead atoms. The molecule has 0 N–H and O–H groups in total. The van der Waals surface area contributed by atoms with Crippen LogP contribution in [0.3, 0.4) is 0 Å². The molecule has 1 aromatic carbocycles. The van der Waals surface area contributed by atoms with Gasteiger partial charge in [-0.3, -0.25) is 10.1 Å². The number of nitro benzene ring substituents is 1. The van der Waals surface area contributed by atoms with Crippen LogP contribution < -0.4 is 5.43 Å². The molecular formula is C11H8BrIN3O2. The lowest BCUT2D eigenvalue weighted by atomic mass is 9.98. The van der Waals surface area contributed by atoms with Crippen LogP contribution in [0.15, 0.2) is 27.9 Å². The van der Waals surface area contributed by atoms with Gasteiger partial charge in [-0.15, -0.1) is 10.5 Å². The van der Waals surface area contributed by atoms with E-state index in [9.17, 15) is 10.1 Å². The Balaban J connectivity index is 2.62. The summed E-state index contributed by atoms with van der Waals surface area (Å²) in [5.41, 5.74) is 6.67. The number of hydrogen-bond acceptors (Lipinski definition) is 3. The number of hydrogen-bond donors (Lipinski definition) is 0. The molecule has 0 aliphatic carbocycles. The predicted molar refractivity (Wildman–Crippen MR) is 81.9 cm³/mol. The maximum absolute atomic E-state index is 10.9. The van der Waals surface area contributed by atoms with E-state index in [1.165, 1.54) is 6.07 Å². The van der Waals surface area contributed by atoms with Gasteiger partial charge in [-0.1, -0.05) is 13.0 Å². The zero-order chi connectivity index (χ0) is 13.3. The summed E-state index contributed by atoms with van der Waals surface area (Å²) in [6, 6.07) is 4.88. The molecule has 1 aromatic rings. The highest BCUT2D eigenvalue weighted by atomic mass is 127. The molecule has 0 atom stereocenters. The summed E-state index contributed by atoms with van der Waals surface area (Å²) in [4.78, 5) is 10.5.